The highest BCUT2D eigenvalue weighted by Gasteiger charge is 2.51. The molecule has 0 atom stereocenters. The van der Waals surface area contributed by atoms with Gasteiger partial charge in [0.05, 0.1) is 11.1 Å². The van der Waals surface area contributed by atoms with Crippen molar-refractivity contribution in [2.75, 3.05) is 0 Å². The molecule has 0 aliphatic heterocycles. The Morgan fingerprint density at radius 3 is 0.636 bits per heavy atom. The normalized spacial score (nSPS) is 12.6. The number of aliphatic hydroxyl groups is 1. The summed E-state index contributed by atoms with van der Waals surface area (Å²) in [6, 6.07) is 0. The molecule has 0 radical (unpaired) electrons. The highest BCUT2D eigenvalue weighted by Crippen LogP contribution is 2.49. The fourth-order valence-corrected chi connectivity index (χ4v) is 4.88. The van der Waals surface area contributed by atoms with Crippen molar-refractivity contribution in [1.29, 1.82) is 0 Å². The van der Waals surface area contributed by atoms with Gasteiger partial charge in [-0.1, -0.05) is 13.8 Å². The van der Waals surface area contributed by atoms with Gasteiger partial charge in [-0.25, -0.2) is 35.1 Å². The number of halogens is 22. The fraction of sp³-hybridized carbons (Fsp3) is 0.200. The van der Waals surface area contributed by atoms with E-state index in [1.54, 1.807) is 0 Å². The van der Waals surface area contributed by atoms with E-state index in [1.165, 1.54) is 0 Å². The molecule has 3 nitrogen and oxygen atoms in total. The number of alkyl halides is 6. The van der Waals surface area contributed by atoms with Crippen molar-refractivity contribution >= 4 is 0 Å². The van der Waals surface area contributed by atoms with Gasteiger partial charge in [0.1, 0.15) is 16.7 Å². The topological polar surface area (TPSA) is 38.7 Å². The van der Waals surface area contributed by atoms with Crippen LogP contribution >= 0.6 is 0 Å². The lowest BCUT2D eigenvalue weighted by Crippen LogP contribution is -2.39. The standard InChI is InChI=1S/C30H8F22O3/c1-3(2)28(53,4-8(31)16(39)24(17(40)9(4)32)54-26-20(43)12(35)6(29(47,48)49)13(36)21(26)44)5-10(33)18(41)25(19(42)11(5)34)55-27-22(45)14(37)7(30(50,51)52)15(38)23(27)46/h3,53H,1-2H3. The Bertz CT molecular complexity index is 1990. The van der Waals surface area contributed by atoms with E-state index in [1.807, 2.05) is 0 Å². The number of benzene rings is 4. The van der Waals surface area contributed by atoms with Gasteiger partial charge in [0, 0.05) is 0 Å². The second-order valence-corrected chi connectivity index (χ2v) is 11.0. The molecule has 0 aliphatic carbocycles. The van der Waals surface area contributed by atoms with E-state index in [-0.39, 0.29) is 0 Å². The minimum Gasteiger partial charge on any atom is -0.444 e. The predicted octanol–water partition coefficient (Wildman–Crippen LogP) is 11.4. The molecule has 0 heterocycles. The van der Waals surface area contributed by atoms with Gasteiger partial charge in [0.2, 0.25) is 69.5 Å². The van der Waals surface area contributed by atoms with E-state index in [4.69, 9.17) is 0 Å². The molecule has 0 bridgehead atoms. The van der Waals surface area contributed by atoms with Gasteiger partial charge in [-0.3, -0.25) is 0 Å². The number of rotatable bonds is 7. The van der Waals surface area contributed by atoms with Crippen LogP contribution in [-0.4, -0.2) is 5.11 Å². The Balaban J connectivity index is 1.97. The molecule has 0 aliphatic rings. The van der Waals surface area contributed by atoms with Gasteiger partial charge in [-0.05, 0) is 5.92 Å². The molecule has 0 unspecified atom stereocenters. The van der Waals surface area contributed by atoms with Crippen molar-refractivity contribution in [3.8, 4) is 23.0 Å². The van der Waals surface area contributed by atoms with Crippen molar-refractivity contribution in [2.45, 2.75) is 31.8 Å². The third kappa shape index (κ3) is 6.47. The molecule has 55 heavy (non-hydrogen) atoms. The summed E-state index contributed by atoms with van der Waals surface area (Å²) >= 11 is 0. The van der Waals surface area contributed by atoms with E-state index >= 15 is 35.1 Å². The zero-order valence-corrected chi connectivity index (χ0v) is 25.7. The van der Waals surface area contributed by atoms with E-state index in [9.17, 15) is 66.6 Å². The van der Waals surface area contributed by atoms with Gasteiger partial charge in [-0.15, -0.1) is 0 Å². The molecule has 4 rings (SSSR count). The van der Waals surface area contributed by atoms with Crippen molar-refractivity contribution in [3.63, 3.8) is 0 Å². The predicted molar refractivity (Wildman–Crippen MR) is 133 cm³/mol. The average Bonchev–Trinajstić information content (AvgIpc) is 3.06. The van der Waals surface area contributed by atoms with E-state index < -0.39 is 162 Å². The Hall–Kier alpha value is -5.10. The van der Waals surface area contributed by atoms with Crippen LogP contribution in [0.15, 0.2) is 0 Å². The van der Waals surface area contributed by atoms with Gasteiger partial charge in [0.25, 0.3) is 0 Å². The maximum Gasteiger partial charge on any atom is 0.422 e. The summed E-state index contributed by atoms with van der Waals surface area (Å²) in [6.45, 7) is 0.879. The minimum atomic E-state index is -6.18. The van der Waals surface area contributed by atoms with Gasteiger partial charge < -0.3 is 14.6 Å². The summed E-state index contributed by atoms with van der Waals surface area (Å²) in [7, 11) is 0. The number of hydrogen-bond donors (Lipinski definition) is 1. The molecule has 0 amide bonds. The molecule has 25 heteroatoms. The number of ether oxygens (including phenoxy) is 2. The van der Waals surface area contributed by atoms with Crippen LogP contribution in [0.2, 0.25) is 0 Å². The summed E-state index contributed by atoms with van der Waals surface area (Å²) in [5.74, 6) is -65.3. The summed E-state index contributed by atoms with van der Waals surface area (Å²) in [5, 5.41) is 11.2. The Morgan fingerprint density at radius 2 is 0.491 bits per heavy atom. The zero-order chi connectivity index (χ0) is 42.3. The molecule has 0 saturated carbocycles. The Kier molecular flexibility index (Phi) is 10.8. The first-order valence-corrected chi connectivity index (χ1v) is 13.6. The Labute approximate surface area is 287 Å². The second-order valence-electron chi connectivity index (χ2n) is 11.0. The first-order chi connectivity index (χ1) is 25.0. The molecular weight excluding hydrogens is 826 g/mol. The average molecular weight is 834 g/mol. The molecule has 4 aromatic carbocycles. The SMILES string of the molecule is CC(C)C(O)(c1c(F)c(F)c(Oc2c(F)c(F)c(C(F)(F)F)c(F)c2F)c(F)c1F)c1c(F)c(F)c(Oc2c(F)c(F)c(C(F)(F)F)c(F)c2F)c(F)c1F. The molecule has 0 aromatic heterocycles. The van der Waals surface area contributed by atoms with Crippen LogP contribution < -0.4 is 9.47 Å². The lowest BCUT2D eigenvalue weighted by molar-refractivity contribution is -0.144. The minimum absolute atomic E-state index is 0.440. The molecule has 0 saturated heterocycles. The van der Waals surface area contributed by atoms with E-state index in [2.05, 4.69) is 9.47 Å². The van der Waals surface area contributed by atoms with E-state index in [0.29, 0.717) is 13.8 Å². The first kappa shape index (κ1) is 42.6. The van der Waals surface area contributed by atoms with E-state index in [0.717, 1.165) is 0 Å². The van der Waals surface area contributed by atoms with Crippen LogP contribution in [0.4, 0.5) is 96.6 Å². The van der Waals surface area contributed by atoms with Crippen molar-refractivity contribution in [3.05, 3.63) is 115 Å². The zero-order valence-electron chi connectivity index (χ0n) is 25.7. The summed E-state index contributed by atoms with van der Waals surface area (Å²) in [5.41, 5.74) is -16.5. The molecule has 0 fully saturated rings. The molecular formula is C30H8F22O3. The highest BCUT2D eigenvalue weighted by atomic mass is 19.4. The van der Waals surface area contributed by atoms with Crippen molar-refractivity contribution in [2.24, 2.45) is 5.92 Å². The Morgan fingerprint density at radius 1 is 0.327 bits per heavy atom. The van der Waals surface area contributed by atoms with Crippen LogP contribution in [0.3, 0.4) is 0 Å². The monoisotopic (exact) mass is 834 g/mol. The summed E-state index contributed by atoms with van der Waals surface area (Å²) < 4.78 is 320. The van der Waals surface area contributed by atoms with Crippen molar-refractivity contribution < 1.29 is 111 Å². The van der Waals surface area contributed by atoms with Crippen LogP contribution in [0, 0.1) is 99.0 Å². The van der Waals surface area contributed by atoms with Crippen LogP contribution in [-0.2, 0) is 18.0 Å². The largest absolute Gasteiger partial charge is 0.444 e. The molecule has 0 spiro atoms. The molecule has 300 valence electrons. The molecule has 4 aromatic rings. The third-order valence-electron chi connectivity index (χ3n) is 7.47. The smallest absolute Gasteiger partial charge is 0.422 e. The van der Waals surface area contributed by atoms with Crippen LogP contribution in [0.25, 0.3) is 0 Å². The fourth-order valence-electron chi connectivity index (χ4n) is 4.88. The third-order valence-corrected chi connectivity index (χ3v) is 7.47. The maximum absolute atomic E-state index is 15.4. The molecule has 1 N–H and O–H groups in total. The lowest BCUT2D eigenvalue weighted by atomic mass is 9.76. The highest BCUT2D eigenvalue weighted by molar-refractivity contribution is 5.49. The lowest BCUT2D eigenvalue weighted by Gasteiger charge is -2.35. The first-order valence-electron chi connectivity index (χ1n) is 13.6. The van der Waals surface area contributed by atoms with Gasteiger partial charge >= 0.3 is 12.4 Å². The van der Waals surface area contributed by atoms with Crippen LogP contribution in [0.1, 0.15) is 36.1 Å². The summed E-state index contributed by atoms with van der Waals surface area (Å²) in [6.07, 6.45) is -12.4. The number of hydrogen-bond acceptors (Lipinski definition) is 3. The van der Waals surface area contributed by atoms with Crippen molar-refractivity contribution in [1.82, 2.24) is 0 Å². The van der Waals surface area contributed by atoms with Crippen LogP contribution in [0.5, 0.6) is 23.0 Å². The summed E-state index contributed by atoms with van der Waals surface area (Å²) in [4.78, 5) is 0. The quantitative estimate of drug-likeness (QED) is 0.149. The maximum atomic E-state index is 15.4. The van der Waals surface area contributed by atoms with Gasteiger partial charge in [0.15, 0.2) is 46.5 Å². The second kappa shape index (κ2) is 13.9. The van der Waals surface area contributed by atoms with Gasteiger partial charge in [-0.2, -0.15) is 61.5 Å².